The van der Waals surface area contributed by atoms with Crippen LogP contribution in [-0.4, -0.2) is 48.3 Å². The first-order valence-electron chi connectivity index (χ1n) is 16.2. The monoisotopic (exact) mass is 511 g/mol. The van der Waals surface area contributed by atoms with Gasteiger partial charge in [0, 0.05) is 13.0 Å². The zero-order valence-electron chi connectivity index (χ0n) is 24.9. The lowest BCUT2D eigenvalue weighted by Gasteiger charge is -2.21. The number of ether oxygens (including phenoxy) is 1. The molecule has 0 fully saturated rings. The van der Waals surface area contributed by atoms with Gasteiger partial charge in [-0.05, 0) is 58.0 Å². The first-order chi connectivity index (χ1) is 17.7. The summed E-state index contributed by atoms with van der Waals surface area (Å²) in [6.45, 7) is 10.0. The highest BCUT2D eigenvalue weighted by Crippen LogP contribution is 2.18. The van der Waals surface area contributed by atoms with Crippen molar-refractivity contribution in [1.29, 1.82) is 0 Å². The van der Waals surface area contributed by atoms with Crippen LogP contribution in [0.1, 0.15) is 168 Å². The Balaban J connectivity index is 4.05. The lowest BCUT2D eigenvalue weighted by atomic mass is 10.0. The van der Waals surface area contributed by atoms with Crippen LogP contribution in [0.3, 0.4) is 0 Å². The average molecular weight is 512 g/mol. The predicted octanol–water partition coefficient (Wildman–Crippen LogP) is 9.22. The third kappa shape index (κ3) is 25.1. The normalized spacial score (nSPS) is 11.6. The highest BCUT2D eigenvalue weighted by molar-refractivity contribution is 5.69. The second-order valence-corrected chi connectivity index (χ2v) is 11.0. The molecule has 36 heavy (non-hydrogen) atoms. The van der Waals surface area contributed by atoms with E-state index in [4.69, 9.17) is 4.74 Å². The summed E-state index contributed by atoms with van der Waals surface area (Å²) in [4.78, 5) is 14.9. The molecule has 0 aromatic carbocycles. The summed E-state index contributed by atoms with van der Waals surface area (Å²) >= 11 is 0. The van der Waals surface area contributed by atoms with Crippen molar-refractivity contribution in [2.45, 2.75) is 175 Å². The molecule has 0 radical (unpaired) electrons. The molecule has 4 nitrogen and oxygen atoms in total. The summed E-state index contributed by atoms with van der Waals surface area (Å²) in [5.74, 6) is 0.0296. The van der Waals surface area contributed by atoms with Crippen LogP contribution in [0.2, 0.25) is 0 Å². The lowest BCUT2D eigenvalue weighted by molar-refractivity contribution is -0.150. The molecule has 0 aromatic rings. The van der Waals surface area contributed by atoms with Gasteiger partial charge in [-0.15, -0.1) is 0 Å². The molecule has 0 bridgehead atoms. The quantitative estimate of drug-likeness (QED) is 0.0803. The maximum atomic E-state index is 12.5. The number of aliphatic hydroxyl groups excluding tert-OH is 1. The summed E-state index contributed by atoms with van der Waals surface area (Å²) < 4.78 is 5.97. The van der Waals surface area contributed by atoms with Gasteiger partial charge < -0.3 is 14.7 Å². The van der Waals surface area contributed by atoms with Crippen molar-refractivity contribution in [2.24, 2.45) is 0 Å². The average Bonchev–Trinajstić information content (AvgIpc) is 2.87. The van der Waals surface area contributed by atoms with Crippen molar-refractivity contribution in [3.8, 4) is 0 Å². The van der Waals surface area contributed by atoms with Crippen LogP contribution in [0.5, 0.6) is 0 Å². The second-order valence-electron chi connectivity index (χ2n) is 11.0. The molecule has 0 atom stereocenters. The predicted molar refractivity (Wildman–Crippen MR) is 157 cm³/mol. The molecule has 0 aliphatic carbocycles. The van der Waals surface area contributed by atoms with E-state index in [-0.39, 0.29) is 18.7 Å². The molecule has 0 amide bonds. The number of hydrogen-bond acceptors (Lipinski definition) is 4. The fourth-order valence-electron chi connectivity index (χ4n) is 5.01. The van der Waals surface area contributed by atoms with E-state index in [1.807, 2.05) is 0 Å². The molecule has 0 spiro atoms. The van der Waals surface area contributed by atoms with Crippen molar-refractivity contribution >= 4 is 5.97 Å². The van der Waals surface area contributed by atoms with Crippen LogP contribution >= 0.6 is 0 Å². The smallest absolute Gasteiger partial charge is 0.306 e. The standard InChI is InChI=1S/C32H65NO3/c1-4-7-10-12-15-19-24-31(25-20-16-13-11-8-5-2)36-32(35)26-21-17-14-18-23-28-33(29-30-34)27-22-9-6-3/h31,34H,4-30H2,1-3H3. The number of rotatable bonds is 29. The maximum absolute atomic E-state index is 12.5. The Labute approximate surface area is 226 Å². The number of esters is 1. The topological polar surface area (TPSA) is 49.8 Å². The molecule has 0 saturated heterocycles. The third-order valence-electron chi connectivity index (χ3n) is 7.41. The summed E-state index contributed by atoms with van der Waals surface area (Å²) in [7, 11) is 0. The fraction of sp³-hybridized carbons (Fsp3) is 0.969. The number of aliphatic hydroxyl groups is 1. The van der Waals surface area contributed by atoms with E-state index in [1.165, 1.54) is 116 Å². The van der Waals surface area contributed by atoms with Gasteiger partial charge >= 0.3 is 5.97 Å². The fourth-order valence-corrected chi connectivity index (χ4v) is 5.01. The molecular formula is C32H65NO3. The Morgan fingerprint density at radius 1 is 0.583 bits per heavy atom. The first kappa shape index (κ1) is 35.4. The van der Waals surface area contributed by atoms with E-state index in [0.29, 0.717) is 6.42 Å². The highest BCUT2D eigenvalue weighted by atomic mass is 16.5. The zero-order valence-corrected chi connectivity index (χ0v) is 24.9. The van der Waals surface area contributed by atoms with E-state index in [1.54, 1.807) is 0 Å². The molecule has 0 aliphatic rings. The first-order valence-corrected chi connectivity index (χ1v) is 16.2. The minimum absolute atomic E-state index is 0.0296. The molecule has 0 rings (SSSR count). The Morgan fingerprint density at radius 3 is 1.53 bits per heavy atom. The van der Waals surface area contributed by atoms with Crippen molar-refractivity contribution in [3.05, 3.63) is 0 Å². The summed E-state index contributed by atoms with van der Waals surface area (Å²) in [5, 5.41) is 9.28. The van der Waals surface area contributed by atoms with Gasteiger partial charge in [0.1, 0.15) is 6.10 Å². The number of unbranched alkanes of at least 4 members (excludes halogenated alkanes) is 16. The Bertz CT molecular complexity index is 427. The lowest BCUT2D eigenvalue weighted by Crippen LogP contribution is -2.29. The maximum Gasteiger partial charge on any atom is 0.306 e. The molecule has 0 heterocycles. The van der Waals surface area contributed by atoms with E-state index in [9.17, 15) is 9.90 Å². The molecule has 0 aromatic heterocycles. The van der Waals surface area contributed by atoms with E-state index in [2.05, 4.69) is 25.7 Å². The third-order valence-corrected chi connectivity index (χ3v) is 7.41. The van der Waals surface area contributed by atoms with E-state index < -0.39 is 0 Å². The van der Waals surface area contributed by atoms with Gasteiger partial charge in [-0.1, -0.05) is 117 Å². The number of hydrogen-bond donors (Lipinski definition) is 1. The van der Waals surface area contributed by atoms with Crippen molar-refractivity contribution in [2.75, 3.05) is 26.2 Å². The summed E-state index contributed by atoms with van der Waals surface area (Å²) in [6.07, 6.45) is 27.8. The zero-order chi connectivity index (χ0) is 26.5. The molecular weight excluding hydrogens is 446 g/mol. The van der Waals surface area contributed by atoms with Crippen LogP contribution in [0, 0.1) is 0 Å². The Hall–Kier alpha value is -0.610. The van der Waals surface area contributed by atoms with Crippen molar-refractivity contribution in [1.82, 2.24) is 4.90 Å². The van der Waals surface area contributed by atoms with Crippen molar-refractivity contribution in [3.63, 3.8) is 0 Å². The Kier molecular flexibility index (Phi) is 28.5. The van der Waals surface area contributed by atoms with Gasteiger partial charge in [-0.25, -0.2) is 0 Å². The number of carbonyl (C=O) groups is 1. The van der Waals surface area contributed by atoms with Gasteiger partial charge in [0.15, 0.2) is 0 Å². The summed E-state index contributed by atoms with van der Waals surface area (Å²) in [5.41, 5.74) is 0. The molecule has 4 heteroatoms. The molecule has 216 valence electrons. The van der Waals surface area contributed by atoms with Crippen LogP contribution < -0.4 is 0 Å². The second kappa shape index (κ2) is 29.0. The molecule has 0 unspecified atom stereocenters. The van der Waals surface area contributed by atoms with E-state index in [0.717, 1.165) is 45.3 Å². The van der Waals surface area contributed by atoms with Gasteiger partial charge in [0.2, 0.25) is 0 Å². The van der Waals surface area contributed by atoms with Crippen LogP contribution in [-0.2, 0) is 9.53 Å². The van der Waals surface area contributed by atoms with Crippen LogP contribution in [0.4, 0.5) is 0 Å². The van der Waals surface area contributed by atoms with Crippen molar-refractivity contribution < 1.29 is 14.6 Å². The minimum atomic E-state index is 0.0296. The van der Waals surface area contributed by atoms with Crippen LogP contribution in [0.25, 0.3) is 0 Å². The van der Waals surface area contributed by atoms with Gasteiger partial charge in [0.05, 0.1) is 6.61 Å². The number of nitrogens with zero attached hydrogens (tertiary/aromatic N) is 1. The SMILES string of the molecule is CCCCCCCCC(CCCCCCCC)OC(=O)CCCCCCCN(CCO)CCCCC. The van der Waals surface area contributed by atoms with Gasteiger partial charge in [0.25, 0.3) is 0 Å². The minimum Gasteiger partial charge on any atom is -0.462 e. The largest absolute Gasteiger partial charge is 0.462 e. The summed E-state index contributed by atoms with van der Waals surface area (Å²) in [6, 6.07) is 0. The molecule has 0 aliphatic heterocycles. The Morgan fingerprint density at radius 2 is 1.00 bits per heavy atom. The highest BCUT2D eigenvalue weighted by Gasteiger charge is 2.14. The van der Waals surface area contributed by atoms with E-state index >= 15 is 0 Å². The number of carbonyl (C=O) groups excluding carboxylic acids is 1. The molecule has 0 saturated carbocycles. The van der Waals surface area contributed by atoms with Gasteiger partial charge in [-0.3, -0.25) is 4.79 Å². The molecule has 1 N–H and O–H groups in total. The van der Waals surface area contributed by atoms with Gasteiger partial charge in [-0.2, -0.15) is 0 Å². The van der Waals surface area contributed by atoms with Crippen LogP contribution in [0.15, 0.2) is 0 Å².